The second-order valence-corrected chi connectivity index (χ2v) is 7.28. The Kier molecular flexibility index (Phi) is 6.30. The van der Waals surface area contributed by atoms with E-state index in [9.17, 15) is 8.42 Å². The average molecular weight is 327 g/mol. The lowest BCUT2D eigenvalue weighted by atomic mass is 10.7. The highest BCUT2D eigenvalue weighted by Gasteiger charge is 2.25. The summed E-state index contributed by atoms with van der Waals surface area (Å²) in [6, 6.07) is 0. The predicted molar refractivity (Wildman–Crippen MR) is 70.0 cm³/mol. The molecule has 0 heterocycles. The SMILES string of the molecule is CN(C)C(=NS(=O)(=O)OCC(Cl)(Cl)Cl)N(C)C. The van der Waals surface area contributed by atoms with Crippen molar-refractivity contribution < 1.29 is 12.6 Å². The Morgan fingerprint density at radius 3 is 1.88 bits per heavy atom. The van der Waals surface area contributed by atoms with Gasteiger partial charge in [0.05, 0.1) is 0 Å². The highest BCUT2D eigenvalue weighted by atomic mass is 35.6. The molecule has 6 nitrogen and oxygen atoms in total. The number of alkyl halides is 3. The van der Waals surface area contributed by atoms with Crippen LogP contribution in [0.4, 0.5) is 0 Å². The molecule has 0 spiro atoms. The second-order valence-electron chi connectivity index (χ2n) is 3.49. The molecule has 0 aliphatic rings. The van der Waals surface area contributed by atoms with Crippen LogP contribution in [0.15, 0.2) is 4.40 Å². The molecular weight excluding hydrogens is 313 g/mol. The molecule has 17 heavy (non-hydrogen) atoms. The molecule has 0 rings (SSSR count). The van der Waals surface area contributed by atoms with Crippen molar-refractivity contribution in [1.29, 1.82) is 0 Å². The summed E-state index contributed by atoms with van der Waals surface area (Å²) in [5.41, 5.74) is 0. The van der Waals surface area contributed by atoms with Crippen molar-refractivity contribution in [2.24, 2.45) is 4.40 Å². The molecule has 102 valence electrons. The minimum atomic E-state index is -4.15. The van der Waals surface area contributed by atoms with Gasteiger partial charge in [-0.3, -0.25) is 0 Å². The van der Waals surface area contributed by atoms with Crippen LogP contribution in [0.5, 0.6) is 0 Å². The van der Waals surface area contributed by atoms with E-state index in [1.165, 1.54) is 9.80 Å². The standard InChI is InChI=1S/C7H14Cl3N3O3S/c1-12(2)6(13(3)4)11-17(14,15)16-5-7(8,9)10/h5H2,1-4H3. The zero-order valence-corrected chi connectivity index (χ0v) is 12.9. The van der Waals surface area contributed by atoms with E-state index in [1.807, 2.05) is 0 Å². The summed E-state index contributed by atoms with van der Waals surface area (Å²) in [5.74, 6) is 0.189. The Hall–Kier alpha value is 0.0500. The van der Waals surface area contributed by atoms with Crippen LogP contribution in [0, 0.1) is 0 Å². The molecule has 0 aromatic heterocycles. The van der Waals surface area contributed by atoms with Gasteiger partial charge in [0.1, 0.15) is 6.61 Å². The van der Waals surface area contributed by atoms with Gasteiger partial charge in [0.2, 0.25) is 9.75 Å². The maximum atomic E-state index is 11.5. The van der Waals surface area contributed by atoms with Gasteiger partial charge in [-0.2, -0.15) is 8.42 Å². The number of rotatable bonds is 3. The smallest absolute Gasteiger partial charge is 0.348 e. The summed E-state index contributed by atoms with van der Waals surface area (Å²) in [7, 11) is 2.42. The molecule has 0 amide bonds. The third kappa shape index (κ3) is 7.88. The zero-order chi connectivity index (χ0) is 13.9. The molecule has 0 aromatic rings. The van der Waals surface area contributed by atoms with Gasteiger partial charge in [0.15, 0.2) is 0 Å². The quantitative estimate of drug-likeness (QED) is 0.441. The van der Waals surface area contributed by atoms with Gasteiger partial charge in [-0.1, -0.05) is 34.8 Å². The van der Waals surface area contributed by atoms with Crippen LogP contribution >= 0.6 is 34.8 Å². The molecule has 0 aliphatic heterocycles. The Bertz CT molecular complexity index is 366. The van der Waals surface area contributed by atoms with Crippen molar-refractivity contribution in [3.63, 3.8) is 0 Å². The Morgan fingerprint density at radius 2 is 1.59 bits per heavy atom. The second kappa shape index (κ2) is 6.29. The third-order valence-electron chi connectivity index (χ3n) is 1.36. The van der Waals surface area contributed by atoms with E-state index in [0.717, 1.165) is 0 Å². The lowest BCUT2D eigenvalue weighted by molar-refractivity contribution is 0.325. The molecule has 0 fully saturated rings. The Labute approximate surface area is 116 Å². The Morgan fingerprint density at radius 1 is 1.18 bits per heavy atom. The van der Waals surface area contributed by atoms with E-state index in [0.29, 0.717) is 0 Å². The van der Waals surface area contributed by atoms with Gasteiger partial charge >= 0.3 is 10.3 Å². The van der Waals surface area contributed by atoms with Crippen LogP contribution < -0.4 is 0 Å². The molecule has 0 aromatic carbocycles. The minimum absolute atomic E-state index is 0.189. The van der Waals surface area contributed by atoms with Crippen LogP contribution in [-0.2, 0) is 14.5 Å². The van der Waals surface area contributed by atoms with E-state index >= 15 is 0 Å². The molecule has 0 saturated heterocycles. The maximum Gasteiger partial charge on any atom is 0.384 e. The van der Waals surface area contributed by atoms with Gasteiger partial charge in [0.25, 0.3) is 0 Å². The molecule has 0 unspecified atom stereocenters. The minimum Gasteiger partial charge on any atom is -0.348 e. The first kappa shape index (κ1) is 17.1. The van der Waals surface area contributed by atoms with E-state index in [-0.39, 0.29) is 5.96 Å². The van der Waals surface area contributed by atoms with Gasteiger partial charge in [-0.05, 0) is 0 Å². The molecule has 0 saturated carbocycles. The maximum absolute atomic E-state index is 11.5. The first-order valence-corrected chi connectivity index (χ1v) is 6.85. The molecular formula is C7H14Cl3N3O3S. The fraction of sp³-hybridized carbons (Fsp3) is 0.857. The fourth-order valence-electron chi connectivity index (χ4n) is 0.831. The van der Waals surface area contributed by atoms with Crippen molar-refractivity contribution in [2.45, 2.75) is 3.79 Å². The first-order chi connectivity index (χ1) is 7.44. The topological polar surface area (TPSA) is 62.2 Å². The van der Waals surface area contributed by atoms with E-state index in [2.05, 4.69) is 8.58 Å². The van der Waals surface area contributed by atoms with E-state index in [4.69, 9.17) is 34.8 Å². The largest absolute Gasteiger partial charge is 0.384 e. The Balaban J connectivity index is 4.89. The first-order valence-electron chi connectivity index (χ1n) is 4.35. The summed E-state index contributed by atoms with van der Waals surface area (Å²) in [6.45, 7) is -0.600. The van der Waals surface area contributed by atoms with Gasteiger partial charge in [-0.15, -0.1) is 4.40 Å². The van der Waals surface area contributed by atoms with E-state index in [1.54, 1.807) is 28.2 Å². The van der Waals surface area contributed by atoms with Crippen LogP contribution in [0.2, 0.25) is 0 Å². The van der Waals surface area contributed by atoms with Crippen LogP contribution in [-0.4, -0.2) is 62.8 Å². The summed E-state index contributed by atoms with van der Waals surface area (Å²) >= 11 is 16.1. The monoisotopic (exact) mass is 325 g/mol. The highest BCUT2D eigenvalue weighted by molar-refractivity contribution is 7.85. The third-order valence-corrected chi connectivity index (χ3v) is 2.49. The number of hydrogen-bond acceptors (Lipinski definition) is 3. The molecule has 0 N–H and O–H groups in total. The number of guanidine groups is 1. The lowest BCUT2D eigenvalue weighted by Crippen LogP contribution is -2.36. The van der Waals surface area contributed by atoms with Gasteiger partial charge < -0.3 is 9.80 Å². The van der Waals surface area contributed by atoms with Crippen molar-refractivity contribution in [2.75, 3.05) is 34.8 Å². The molecule has 0 bridgehead atoms. The van der Waals surface area contributed by atoms with Gasteiger partial charge in [-0.25, -0.2) is 4.18 Å². The van der Waals surface area contributed by atoms with E-state index < -0.39 is 20.7 Å². The summed E-state index contributed by atoms with van der Waals surface area (Å²) in [4.78, 5) is 3.02. The summed E-state index contributed by atoms with van der Waals surface area (Å²) in [5, 5.41) is 0. The summed E-state index contributed by atoms with van der Waals surface area (Å²) < 4.78 is 29.0. The molecule has 0 radical (unpaired) electrons. The molecule has 0 aliphatic carbocycles. The van der Waals surface area contributed by atoms with Crippen LogP contribution in [0.3, 0.4) is 0 Å². The van der Waals surface area contributed by atoms with Crippen LogP contribution in [0.25, 0.3) is 0 Å². The highest BCUT2D eigenvalue weighted by Crippen LogP contribution is 2.26. The lowest BCUT2D eigenvalue weighted by Gasteiger charge is -2.22. The number of nitrogens with zero attached hydrogens (tertiary/aromatic N) is 3. The fourth-order valence-corrected chi connectivity index (χ4v) is 2.09. The van der Waals surface area contributed by atoms with Crippen molar-refractivity contribution in [1.82, 2.24) is 9.80 Å². The number of halogens is 3. The molecule has 0 atom stereocenters. The molecule has 10 heteroatoms. The van der Waals surface area contributed by atoms with Crippen LogP contribution in [0.1, 0.15) is 0 Å². The normalized spacial score (nSPS) is 12.2. The van der Waals surface area contributed by atoms with Crippen molar-refractivity contribution in [3.05, 3.63) is 0 Å². The predicted octanol–water partition coefficient (Wildman–Crippen LogP) is 1.10. The van der Waals surface area contributed by atoms with Crippen molar-refractivity contribution >= 4 is 51.1 Å². The number of hydrogen-bond donors (Lipinski definition) is 0. The van der Waals surface area contributed by atoms with Crippen molar-refractivity contribution in [3.8, 4) is 0 Å². The zero-order valence-electron chi connectivity index (χ0n) is 9.82. The average Bonchev–Trinajstić information content (AvgIpc) is 2.09. The summed E-state index contributed by atoms with van der Waals surface area (Å²) in [6.07, 6.45) is 0. The van der Waals surface area contributed by atoms with Gasteiger partial charge in [0, 0.05) is 28.2 Å².